The SMILES string of the molecule is C[C@@H]1CCC=C2C[C@]3(C[C@]21C)C(=O)O[C@H]1O[C@]13C. The maximum absolute atomic E-state index is 12.3. The Morgan fingerprint density at radius 3 is 2.78 bits per heavy atom. The molecule has 0 amide bonds. The van der Waals surface area contributed by atoms with E-state index >= 15 is 0 Å². The normalized spacial score (nSPS) is 57.1. The van der Waals surface area contributed by atoms with Gasteiger partial charge in [-0.2, -0.15) is 0 Å². The molecule has 18 heavy (non-hydrogen) atoms. The van der Waals surface area contributed by atoms with Crippen molar-refractivity contribution in [2.75, 3.05) is 0 Å². The molecule has 1 spiro atoms. The second-order valence-electron chi connectivity index (χ2n) is 7.02. The van der Waals surface area contributed by atoms with Gasteiger partial charge in [0.1, 0.15) is 11.0 Å². The lowest BCUT2D eigenvalue weighted by atomic mass is 9.66. The summed E-state index contributed by atoms with van der Waals surface area (Å²) in [5.41, 5.74) is 0.874. The van der Waals surface area contributed by atoms with Gasteiger partial charge in [0.25, 0.3) is 0 Å². The number of carbonyl (C=O) groups is 1. The Bertz CT molecular complexity index is 482. The molecule has 0 aromatic carbocycles. The Balaban J connectivity index is 1.81. The molecule has 98 valence electrons. The minimum atomic E-state index is -0.406. The van der Waals surface area contributed by atoms with Crippen LogP contribution >= 0.6 is 0 Å². The first-order valence-corrected chi connectivity index (χ1v) is 7.01. The van der Waals surface area contributed by atoms with Gasteiger partial charge in [-0.25, -0.2) is 0 Å². The highest BCUT2D eigenvalue weighted by Crippen LogP contribution is 2.70. The number of hydrogen-bond acceptors (Lipinski definition) is 3. The predicted octanol–water partition coefficient (Wildman–Crippen LogP) is 2.80. The van der Waals surface area contributed by atoms with E-state index in [1.54, 1.807) is 0 Å². The van der Waals surface area contributed by atoms with Crippen LogP contribution in [0.3, 0.4) is 0 Å². The lowest BCUT2D eigenvalue weighted by Gasteiger charge is -2.37. The van der Waals surface area contributed by atoms with Gasteiger partial charge in [-0.1, -0.05) is 25.5 Å². The first kappa shape index (κ1) is 11.0. The zero-order valence-corrected chi connectivity index (χ0v) is 11.3. The Morgan fingerprint density at radius 1 is 1.39 bits per heavy atom. The summed E-state index contributed by atoms with van der Waals surface area (Å²) in [4.78, 5) is 12.3. The van der Waals surface area contributed by atoms with Gasteiger partial charge in [-0.05, 0) is 43.9 Å². The number of epoxide rings is 1. The lowest BCUT2D eigenvalue weighted by Crippen LogP contribution is -2.39. The molecule has 2 aliphatic carbocycles. The summed E-state index contributed by atoms with van der Waals surface area (Å²) in [6.45, 7) is 6.69. The van der Waals surface area contributed by atoms with E-state index in [-0.39, 0.29) is 23.3 Å². The maximum atomic E-state index is 12.3. The van der Waals surface area contributed by atoms with E-state index in [1.165, 1.54) is 12.0 Å². The Kier molecular flexibility index (Phi) is 1.74. The number of rotatable bonds is 0. The number of esters is 1. The van der Waals surface area contributed by atoms with Gasteiger partial charge in [0.05, 0.1) is 0 Å². The van der Waals surface area contributed by atoms with Gasteiger partial charge >= 0.3 is 5.97 Å². The second kappa shape index (κ2) is 2.84. The van der Waals surface area contributed by atoms with Gasteiger partial charge in [0.2, 0.25) is 6.29 Å². The predicted molar refractivity (Wildman–Crippen MR) is 65.6 cm³/mol. The van der Waals surface area contributed by atoms with E-state index < -0.39 is 5.41 Å². The fourth-order valence-corrected chi connectivity index (χ4v) is 4.52. The summed E-state index contributed by atoms with van der Waals surface area (Å²) in [5, 5.41) is 0. The van der Waals surface area contributed by atoms with Crippen LogP contribution in [0.25, 0.3) is 0 Å². The van der Waals surface area contributed by atoms with Crippen molar-refractivity contribution in [3.8, 4) is 0 Å². The van der Waals surface area contributed by atoms with Crippen molar-refractivity contribution in [2.24, 2.45) is 16.7 Å². The van der Waals surface area contributed by atoms with Crippen molar-refractivity contribution >= 4 is 5.97 Å². The highest BCUT2D eigenvalue weighted by atomic mass is 16.8. The number of fused-ring (bicyclic) bond motifs is 3. The molecular weight excluding hydrogens is 228 g/mol. The van der Waals surface area contributed by atoms with Crippen LogP contribution in [-0.2, 0) is 14.3 Å². The van der Waals surface area contributed by atoms with E-state index in [0.29, 0.717) is 5.92 Å². The molecule has 0 N–H and O–H groups in total. The fraction of sp³-hybridized carbons (Fsp3) is 0.800. The topological polar surface area (TPSA) is 38.8 Å². The van der Waals surface area contributed by atoms with E-state index in [0.717, 1.165) is 19.3 Å². The van der Waals surface area contributed by atoms with Crippen LogP contribution in [-0.4, -0.2) is 17.9 Å². The van der Waals surface area contributed by atoms with Crippen LogP contribution < -0.4 is 0 Å². The van der Waals surface area contributed by atoms with Crippen LogP contribution in [0.15, 0.2) is 11.6 Å². The van der Waals surface area contributed by atoms with Gasteiger partial charge in [-0.3, -0.25) is 4.79 Å². The second-order valence-corrected chi connectivity index (χ2v) is 7.02. The van der Waals surface area contributed by atoms with Gasteiger partial charge in [0, 0.05) is 0 Å². The summed E-state index contributed by atoms with van der Waals surface area (Å²) < 4.78 is 11.0. The van der Waals surface area contributed by atoms with Crippen LogP contribution in [0.5, 0.6) is 0 Å². The van der Waals surface area contributed by atoms with Crippen molar-refractivity contribution in [3.63, 3.8) is 0 Å². The smallest absolute Gasteiger partial charge is 0.318 e. The fourth-order valence-electron chi connectivity index (χ4n) is 4.52. The standard InChI is InChI=1S/C15H20O3/c1-9-5-4-6-10-7-15(8-13(9,10)2)11(16)17-12-14(15,3)18-12/h6,9,12H,4-5,7-8H2,1-3H3/t9-,12+,13+,14-,15+/m1/s1. The van der Waals surface area contributed by atoms with Gasteiger partial charge in [0.15, 0.2) is 0 Å². The molecule has 5 atom stereocenters. The maximum Gasteiger partial charge on any atom is 0.318 e. The van der Waals surface area contributed by atoms with E-state index in [4.69, 9.17) is 9.47 Å². The molecule has 2 aliphatic heterocycles. The van der Waals surface area contributed by atoms with Crippen molar-refractivity contribution < 1.29 is 14.3 Å². The first-order valence-electron chi connectivity index (χ1n) is 7.01. The molecule has 3 nitrogen and oxygen atoms in total. The Hall–Kier alpha value is -0.830. The molecule has 0 aromatic heterocycles. The Labute approximate surface area is 108 Å². The molecule has 3 heteroatoms. The zero-order valence-electron chi connectivity index (χ0n) is 11.3. The molecule has 0 aromatic rings. The Morgan fingerprint density at radius 2 is 2.17 bits per heavy atom. The zero-order chi connectivity index (χ0) is 12.8. The minimum Gasteiger partial charge on any atom is -0.432 e. The van der Waals surface area contributed by atoms with Crippen LogP contribution in [0.2, 0.25) is 0 Å². The van der Waals surface area contributed by atoms with E-state index in [2.05, 4.69) is 26.8 Å². The summed E-state index contributed by atoms with van der Waals surface area (Å²) >= 11 is 0. The third-order valence-corrected chi connectivity index (χ3v) is 6.27. The molecule has 0 bridgehead atoms. The van der Waals surface area contributed by atoms with Crippen LogP contribution in [0.4, 0.5) is 0 Å². The molecular formula is C15H20O3. The van der Waals surface area contributed by atoms with E-state index in [9.17, 15) is 4.79 Å². The number of ether oxygens (including phenoxy) is 2. The lowest BCUT2D eigenvalue weighted by molar-refractivity contribution is -0.161. The van der Waals surface area contributed by atoms with Crippen LogP contribution in [0.1, 0.15) is 46.5 Å². The van der Waals surface area contributed by atoms with Crippen LogP contribution in [0, 0.1) is 16.7 Å². The third-order valence-electron chi connectivity index (χ3n) is 6.27. The van der Waals surface area contributed by atoms with Gasteiger partial charge in [-0.15, -0.1) is 0 Å². The highest BCUT2D eigenvalue weighted by molar-refractivity contribution is 5.84. The van der Waals surface area contributed by atoms with E-state index in [1.807, 2.05) is 0 Å². The summed E-state index contributed by atoms with van der Waals surface area (Å²) in [6.07, 6.45) is 6.22. The molecule has 2 saturated heterocycles. The minimum absolute atomic E-state index is 0.0232. The number of allylic oxidation sites excluding steroid dienone is 2. The number of hydrogen-bond donors (Lipinski definition) is 0. The number of carbonyl (C=O) groups excluding carboxylic acids is 1. The van der Waals surface area contributed by atoms with Crippen molar-refractivity contribution in [1.29, 1.82) is 0 Å². The van der Waals surface area contributed by atoms with Gasteiger partial charge < -0.3 is 9.47 Å². The molecule has 2 heterocycles. The van der Waals surface area contributed by atoms with Crippen molar-refractivity contribution in [1.82, 2.24) is 0 Å². The third kappa shape index (κ3) is 0.965. The quantitative estimate of drug-likeness (QED) is 0.376. The molecule has 3 fully saturated rings. The molecule has 4 aliphatic rings. The molecule has 4 rings (SSSR count). The average Bonchev–Trinajstić information content (AvgIpc) is 2.77. The molecule has 1 saturated carbocycles. The summed E-state index contributed by atoms with van der Waals surface area (Å²) in [7, 11) is 0. The first-order chi connectivity index (χ1) is 8.42. The highest BCUT2D eigenvalue weighted by Gasteiger charge is 2.80. The van der Waals surface area contributed by atoms with Crippen molar-refractivity contribution in [2.45, 2.75) is 58.3 Å². The van der Waals surface area contributed by atoms with Crippen molar-refractivity contribution in [3.05, 3.63) is 11.6 Å². The molecule has 0 radical (unpaired) electrons. The monoisotopic (exact) mass is 248 g/mol. The average molecular weight is 248 g/mol. The summed E-state index contributed by atoms with van der Waals surface area (Å²) in [6, 6.07) is 0. The molecule has 0 unspecified atom stereocenters. The summed E-state index contributed by atoms with van der Waals surface area (Å²) in [5.74, 6) is 0.621. The largest absolute Gasteiger partial charge is 0.432 e.